The molecule has 3 saturated carbocycles. The fourth-order valence-corrected chi connectivity index (χ4v) is 7.20. The van der Waals surface area contributed by atoms with Gasteiger partial charge in [0.15, 0.2) is 5.78 Å². The Morgan fingerprint density at radius 3 is 2.50 bits per heavy atom. The van der Waals surface area contributed by atoms with Gasteiger partial charge in [-0.15, -0.1) is 0 Å². The molecule has 0 saturated heterocycles. The SMILES string of the molecule is C[C@]12C=C(CO)C(=O)C[C@@H]1CC[C@@H]1[C@@H]2CC[C@@]2(C)[C@H]1CC[C@]2(C)O. The van der Waals surface area contributed by atoms with Gasteiger partial charge in [0.2, 0.25) is 0 Å². The van der Waals surface area contributed by atoms with E-state index in [0.717, 1.165) is 32.1 Å². The van der Waals surface area contributed by atoms with Gasteiger partial charge in [0.1, 0.15) is 0 Å². The van der Waals surface area contributed by atoms with E-state index in [-0.39, 0.29) is 23.2 Å². The molecule has 0 amide bonds. The Labute approximate surface area is 145 Å². The number of fused-ring (bicyclic) bond motifs is 5. The van der Waals surface area contributed by atoms with E-state index >= 15 is 0 Å². The highest BCUT2D eigenvalue weighted by Gasteiger charge is 2.62. The van der Waals surface area contributed by atoms with Crippen LogP contribution in [0, 0.1) is 34.5 Å². The Kier molecular flexibility index (Phi) is 3.61. The van der Waals surface area contributed by atoms with Gasteiger partial charge in [-0.25, -0.2) is 0 Å². The van der Waals surface area contributed by atoms with Gasteiger partial charge in [-0.3, -0.25) is 4.79 Å². The monoisotopic (exact) mass is 332 g/mol. The predicted octanol–water partition coefficient (Wildman–Crippen LogP) is 3.49. The summed E-state index contributed by atoms with van der Waals surface area (Å²) in [6.45, 7) is 6.58. The Balaban J connectivity index is 1.71. The maximum Gasteiger partial charge on any atom is 0.161 e. The van der Waals surface area contributed by atoms with E-state index in [4.69, 9.17) is 0 Å². The molecular weight excluding hydrogens is 300 g/mol. The number of allylic oxidation sites excluding steroid dienone is 1. The van der Waals surface area contributed by atoms with Crippen molar-refractivity contribution in [2.45, 2.75) is 71.3 Å². The summed E-state index contributed by atoms with van der Waals surface area (Å²) in [6.07, 6.45) is 9.38. The van der Waals surface area contributed by atoms with E-state index in [0.29, 0.717) is 35.7 Å². The minimum atomic E-state index is -0.533. The fraction of sp³-hybridized carbons (Fsp3) is 0.857. The van der Waals surface area contributed by atoms with Crippen molar-refractivity contribution in [3.8, 4) is 0 Å². The molecule has 7 atom stereocenters. The second-order valence-corrected chi connectivity index (χ2v) is 9.74. The normalized spacial score (nSPS) is 53.9. The quantitative estimate of drug-likeness (QED) is 0.773. The van der Waals surface area contributed by atoms with Crippen LogP contribution in [0.2, 0.25) is 0 Å². The van der Waals surface area contributed by atoms with Crippen LogP contribution in [-0.2, 0) is 4.79 Å². The molecule has 0 aromatic heterocycles. The van der Waals surface area contributed by atoms with Crippen molar-refractivity contribution in [1.82, 2.24) is 0 Å². The van der Waals surface area contributed by atoms with Gasteiger partial charge < -0.3 is 10.2 Å². The van der Waals surface area contributed by atoms with Crippen molar-refractivity contribution in [2.24, 2.45) is 34.5 Å². The van der Waals surface area contributed by atoms with Crippen molar-refractivity contribution in [1.29, 1.82) is 0 Å². The van der Waals surface area contributed by atoms with E-state index in [1.807, 2.05) is 6.92 Å². The number of hydrogen-bond acceptors (Lipinski definition) is 3. The standard InChI is InChI=1S/C21H32O3/c1-19-11-13(12-22)18(23)10-14(19)4-5-15-16(19)6-8-20(2)17(15)7-9-21(20,3)24/h11,14-17,22,24H,4-10,12H2,1-3H3/t14-,15+,16-,17-,19-,20-,21-/m0/s1. The van der Waals surface area contributed by atoms with Crippen LogP contribution in [0.3, 0.4) is 0 Å². The van der Waals surface area contributed by atoms with E-state index < -0.39 is 5.60 Å². The molecule has 0 aliphatic heterocycles. The summed E-state index contributed by atoms with van der Waals surface area (Å²) >= 11 is 0. The van der Waals surface area contributed by atoms with E-state index in [1.54, 1.807) is 0 Å². The smallest absolute Gasteiger partial charge is 0.161 e. The molecule has 0 bridgehead atoms. The maximum atomic E-state index is 12.2. The molecule has 0 aromatic carbocycles. The van der Waals surface area contributed by atoms with Crippen molar-refractivity contribution < 1.29 is 15.0 Å². The second kappa shape index (κ2) is 5.17. The van der Waals surface area contributed by atoms with Crippen LogP contribution in [-0.4, -0.2) is 28.2 Å². The van der Waals surface area contributed by atoms with Crippen molar-refractivity contribution in [2.75, 3.05) is 6.61 Å². The van der Waals surface area contributed by atoms with Gasteiger partial charge in [0, 0.05) is 12.0 Å². The van der Waals surface area contributed by atoms with Gasteiger partial charge in [0.25, 0.3) is 0 Å². The highest BCUT2D eigenvalue weighted by atomic mass is 16.3. The summed E-state index contributed by atoms with van der Waals surface area (Å²) < 4.78 is 0. The van der Waals surface area contributed by atoms with E-state index in [2.05, 4.69) is 19.9 Å². The third-order valence-electron chi connectivity index (χ3n) is 8.97. The summed E-state index contributed by atoms with van der Waals surface area (Å²) in [5, 5.41) is 20.6. The van der Waals surface area contributed by atoms with Crippen LogP contribution < -0.4 is 0 Å². The maximum absolute atomic E-state index is 12.2. The number of rotatable bonds is 1. The summed E-state index contributed by atoms with van der Waals surface area (Å²) in [5.41, 5.74) is 0.201. The second-order valence-electron chi connectivity index (χ2n) is 9.74. The number of hydrogen-bond donors (Lipinski definition) is 2. The van der Waals surface area contributed by atoms with Gasteiger partial charge in [0.05, 0.1) is 12.2 Å². The molecule has 3 nitrogen and oxygen atoms in total. The first-order chi connectivity index (χ1) is 11.2. The molecule has 4 aliphatic carbocycles. The van der Waals surface area contributed by atoms with Crippen LogP contribution in [0.4, 0.5) is 0 Å². The number of Topliss-reactive ketones (excluding diaryl/α,β-unsaturated/α-hetero) is 1. The van der Waals surface area contributed by atoms with E-state index in [1.165, 1.54) is 6.42 Å². The first-order valence-electron chi connectivity index (χ1n) is 9.81. The lowest BCUT2D eigenvalue weighted by Crippen LogP contribution is -2.55. The molecule has 0 aromatic rings. The number of aliphatic hydroxyl groups is 2. The lowest BCUT2D eigenvalue weighted by molar-refractivity contribution is -0.136. The van der Waals surface area contributed by atoms with Gasteiger partial charge in [-0.05, 0) is 80.0 Å². The Hall–Kier alpha value is -0.670. The lowest BCUT2D eigenvalue weighted by atomic mass is 9.45. The van der Waals surface area contributed by atoms with Crippen molar-refractivity contribution >= 4 is 5.78 Å². The average Bonchev–Trinajstić information content (AvgIpc) is 2.77. The molecule has 0 radical (unpaired) electrons. The van der Waals surface area contributed by atoms with Crippen LogP contribution in [0.15, 0.2) is 11.6 Å². The fourth-order valence-electron chi connectivity index (χ4n) is 7.20. The topological polar surface area (TPSA) is 57.5 Å². The molecule has 3 fully saturated rings. The number of ketones is 1. The molecule has 24 heavy (non-hydrogen) atoms. The lowest BCUT2D eigenvalue weighted by Gasteiger charge is -2.59. The zero-order valence-electron chi connectivity index (χ0n) is 15.3. The summed E-state index contributed by atoms with van der Waals surface area (Å²) in [4.78, 5) is 12.2. The predicted molar refractivity (Wildman–Crippen MR) is 93.3 cm³/mol. The van der Waals surface area contributed by atoms with Gasteiger partial charge in [-0.2, -0.15) is 0 Å². The largest absolute Gasteiger partial charge is 0.392 e. The highest BCUT2D eigenvalue weighted by Crippen LogP contribution is 2.67. The summed E-state index contributed by atoms with van der Waals surface area (Å²) in [5.74, 6) is 2.45. The highest BCUT2D eigenvalue weighted by molar-refractivity contribution is 5.96. The molecule has 0 unspecified atom stereocenters. The van der Waals surface area contributed by atoms with Crippen LogP contribution in [0.1, 0.15) is 65.7 Å². The molecule has 4 rings (SSSR count). The molecule has 2 N–H and O–H groups in total. The molecule has 134 valence electrons. The third kappa shape index (κ3) is 2.00. The van der Waals surface area contributed by atoms with Gasteiger partial charge in [-0.1, -0.05) is 19.9 Å². The number of carbonyl (C=O) groups excluding carboxylic acids is 1. The summed E-state index contributed by atoms with van der Waals surface area (Å²) in [7, 11) is 0. The minimum absolute atomic E-state index is 0.0463. The Bertz CT molecular complexity index is 592. The third-order valence-corrected chi connectivity index (χ3v) is 8.97. The molecule has 3 heteroatoms. The van der Waals surface area contributed by atoms with E-state index in [9.17, 15) is 15.0 Å². The number of aliphatic hydroxyl groups excluding tert-OH is 1. The zero-order valence-corrected chi connectivity index (χ0v) is 15.3. The Morgan fingerprint density at radius 2 is 1.79 bits per heavy atom. The molecular formula is C21H32O3. The first-order valence-corrected chi connectivity index (χ1v) is 9.81. The van der Waals surface area contributed by atoms with Crippen LogP contribution in [0.5, 0.6) is 0 Å². The number of carbonyl (C=O) groups is 1. The molecule has 0 spiro atoms. The van der Waals surface area contributed by atoms with Crippen molar-refractivity contribution in [3.63, 3.8) is 0 Å². The molecule has 0 heterocycles. The van der Waals surface area contributed by atoms with Gasteiger partial charge >= 0.3 is 0 Å². The van der Waals surface area contributed by atoms with Crippen LogP contribution in [0.25, 0.3) is 0 Å². The van der Waals surface area contributed by atoms with Crippen LogP contribution >= 0.6 is 0 Å². The Morgan fingerprint density at radius 1 is 1.08 bits per heavy atom. The minimum Gasteiger partial charge on any atom is -0.392 e. The average molecular weight is 332 g/mol. The molecule has 4 aliphatic rings. The van der Waals surface area contributed by atoms with Crippen molar-refractivity contribution in [3.05, 3.63) is 11.6 Å². The summed E-state index contributed by atoms with van der Waals surface area (Å²) in [6, 6.07) is 0. The first kappa shape index (κ1) is 16.8. The zero-order chi connectivity index (χ0) is 17.3.